The molecule has 1 fully saturated rings. The number of halogens is 1. The topological polar surface area (TPSA) is 158 Å². The van der Waals surface area contributed by atoms with E-state index in [2.05, 4.69) is 27.2 Å². The van der Waals surface area contributed by atoms with Crippen LogP contribution in [-0.2, 0) is 25.5 Å². The number of unbranched alkanes of at least 4 members (excludes halogenated alkanes) is 13. The number of carbonyl (C=O) groups is 2. The lowest BCUT2D eigenvalue weighted by Gasteiger charge is -2.35. The smallest absolute Gasteiger partial charge is 0.413 e. The lowest BCUT2D eigenvalue weighted by Crippen LogP contribution is -2.47. The first-order chi connectivity index (χ1) is 21.3. The van der Waals surface area contributed by atoms with Crippen LogP contribution in [0.5, 0.6) is 0 Å². The van der Waals surface area contributed by atoms with Crippen LogP contribution in [0.1, 0.15) is 110 Å². The maximum Gasteiger partial charge on any atom is 0.413 e. The average Bonchev–Trinajstić information content (AvgIpc) is 3.39. The zero-order chi connectivity index (χ0) is 31.7. The van der Waals surface area contributed by atoms with E-state index in [-0.39, 0.29) is 29.6 Å². The molecule has 248 valence electrons. The van der Waals surface area contributed by atoms with E-state index in [4.69, 9.17) is 25.8 Å². The largest absolute Gasteiger partial charge is 0.463 e. The number of rotatable bonds is 20. The van der Waals surface area contributed by atoms with Crippen LogP contribution in [0.2, 0.25) is 5.28 Å². The Kier molecular flexibility index (Phi) is 16.1. The molecule has 3 heterocycles. The second kappa shape index (κ2) is 19.8. The molecule has 2 aromatic rings. The maximum atomic E-state index is 12.4. The van der Waals surface area contributed by atoms with Crippen LogP contribution < -0.4 is 5.32 Å². The van der Waals surface area contributed by atoms with Crippen LogP contribution >= 0.6 is 11.6 Å². The van der Waals surface area contributed by atoms with Crippen LogP contribution in [0.25, 0.3) is 11.2 Å². The van der Waals surface area contributed by atoms with Crippen molar-refractivity contribution in [3.63, 3.8) is 0 Å². The molecule has 13 heteroatoms. The first kappa shape index (κ1) is 35.9. The second-order valence-corrected chi connectivity index (χ2v) is 12.0. The Bertz CT molecular complexity index is 1140. The number of aromatic nitrogens is 4. The van der Waals surface area contributed by atoms with E-state index in [1.54, 1.807) is 11.5 Å². The average molecular weight is 640 g/mol. The molecule has 0 aliphatic carbocycles. The predicted molar refractivity (Wildman–Crippen MR) is 168 cm³/mol. The van der Waals surface area contributed by atoms with Gasteiger partial charge in [0.2, 0.25) is 5.28 Å². The number of anilines is 1. The molecule has 3 N–H and O–H groups in total. The molecule has 0 radical (unpaired) electrons. The third-order valence-electron chi connectivity index (χ3n) is 7.93. The fourth-order valence-corrected chi connectivity index (χ4v) is 5.58. The van der Waals surface area contributed by atoms with Crippen molar-refractivity contribution in [3.05, 3.63) is 11.6 Å². The molecule has 1 aliphatic heterocycles. The van der Waals surface area contributed by atoms with Crippen LogP contribution in [0.4, 0.5) is 10.6 Å². The molecule has 2 aromatic heterocycles. The van der Waals surface area contributed by atoms with Gasteiger partial charge in [-0.25, -0.2) is 14.6 Å². The number of nitrogens with zero attached hydrogens (tertiary/aromatic N) is 4. The molecular weight excluding hydrogens is 590 g/mol. The summed E-state index contributed by atoms with van der Waals surface area (Å²) in [6, 6.07) is 0. The van der Waals surface area contributed by atoms with Gasteiger partial charge in [0, 0.05) is 6.42 Å². The molecule has 3 rings (SSSR count). The Morgan fingerprint density at radius 1 is 0.977 bits per heavy atom. The van der Waals surface area contributed by atoms with E-state index in [0.717, 1.165) is 19.3 Å². The molecule has 12 nitrogen and oxygen atoms in total. The minimum absolute atomic E-state index is 0.0212. The molecule has 0 saturated carbocycles. The van der Waals surface area contributed by atoms with Gasteiger partial charge in [-0.15, -0.1) is 0 Å². The summed E-state index contributed by atoms with van der Waals surface area (Å²) in [6.07, 6.45) is 15.5. The quantitative estimate of drug-likeness (QED) is 0.0897. The molecule has 1 aliphatic rings. The molecule has 0 spiro atoms. The van der Waals surface area contributed by atoms with Crippen molar-refractivity contribution in [2.75, 3.05) is 18.5 Å². The number of hydrogen-bond acceptors (Lipinski definition) is 10. The molecule has 0 aromatic carbocycles. The van der Waals surface area contributed by atoms with Gasteiger partial charge in [0.25, 0.3) is 0 Å². The van der Waals surface area contributed by atoms with Gasteiger partial charge in [0.1, 0.15) is 6.10 Å². The highest BCUT2D eigenvalue weighted by Crippen LogP contribution is 2.25. The van der Waals surface area contributed by atoms with Gasteiger partial charge in [0.05, 0.1) is 37.8 Å². The van der Waals surface area contributed by atoms with Crippen molar-refractivity contribution in [1.82, 2.24) is 19.5 Å². The van der Waals surface area contributed by atoms with Gasteiger partial charge in [0.15, 0.2) is 23.6 Å². The van der Waals surface area contributed by atoms with Crippen molar-refractivity contribution < 1.29 is 34.0 Å². The van der Waals surface area contributed by atoms with Gasteiger partial charge in [-0.05, 0) is 24.9 Å². The number of hydrogen-bond donors (Lipinski definition) is 3. The highest BCUT2D eigenvalue weighted by Gasteiger charge is 2.34. The lowest BCUT2D eigenvalue weighted by molar-refractivity contribution is -0.164. The number of aliphatic hydroxyl groups excluding tert-OH is 2. The van der Waals surface area contributed by atoms with Crippen LogP contribution in [-0.4, -0.2) is 79.4 Å². The van der Waals surface area contributed by atoms with E-state index < -0.39 is 43.1 Å². The lowest BCUT2D eigenvalue weighted by atomic mass is 9.99. The fraction of sp³-hybridized carbons (Fsp3) is 0.774. The predicted octanol–water partition coefficient (Wildman–Crippen LogP) is 5.95. The van der Waals surface area contributed by atoms with E-state index in [9.17, 15) is 19.8 Å². The normalized spacial score (nSPS) is 20.1. The van der Waals surface area contributed by atoms with Gasteiger partial charge in [-0.3, -0.25) is 5.32 Å². The number of carbonyl (C=O) groups excluding carboxylic acids is 2. The van der Waals surface area contributed by atoms with Gasteiger partial charge < -0.3 is 29.0 Å². The third kappa shape index (κ3) is 12.5. The molecule has 0 bridgehead atoms. The summed E-state index contributed by atoms with van der Waals surface area (Å²) in [5.41, 5.74) is 0.598. The number of fused-ring (bicyclic) bond motifs is 1. The summed E-state index contributed by atoms with van der Waals surface area (Å²) in [6.45, 7) is 3.98. The highest BCUT2D eigenvalue weighted by atomic mass is 35.5. The van der Waals surface area contributed by atoms with Crippen molar-refractivity contribution in [2.24, 2.45) is 0 Å². The molecule has 44 heavy (non-hydrogen) atoms. The summed E-state index contributed by atoms with van der Waals surface area (Å²) < 4.78 is 17.6. The Morgan fingerprint density at radius 2 is 1.59 bits per heavy atom. The van der Waals surface area contributed by atoms with E-state index in [1.165, 1.54) is 77.0 Å². The molecule has 2 unspecified atom stereocenters. The van der Waals surface area contributed by atoms with Gasteiger partial charge in [-0.2, -0.15) is 9.97 Å². The van der Waals surface area contributed by atoms with Gasteiger partial charge in [-0.1, -0.05) is 90.4 Å². The first-order valence-corrected chi connectivity index (χ1v) is 16.7. The number of amides is 1. The Morgan fingerprint density at radius 3 is 2.20 bits per heavy atom. The second-order valence-electron chi connectivity index (χ2n) is 11.7. The summed E-state index contributed by atoms with van der Waals surface area (Å²) in [5.74, 6) is -0.605. The number of ether oxygens (including phenoxy) is 3. The maximum absolute atomic E-state index is 12.4. The van der Waals surface area contributed by atoms with E-state index in [1.807, 2.05) is 0 Å². The number of imidazole rings is 1. The van der Waals surface area contributed by atoms with Crippen molar-refractivity contribution >= 4 is 40.6 Å². The van der Waals surface area contributed by atoms with Crippen LogP contribution in [0.15, 0.2) is 6.33 Å². The summed E-state index contributed by atoms with van der Waals surface area (Å²) in [5, 5.41) is 22.3. The Labute approximate surface area is 265 Å². The van der Waals surface area contributed by atoms with Crippen LogP contribution in [0.3, 0.4) is 0 Å². The third-order valence-corrected chi connectivity index (χ3v) is 8.10. The standard InChI is InChI=1S/C31H50ClN5O7/c1-3-4-5-6-7-8-9-10-11-12-13-14-15-16-17-42-25(39)20-43-31(41)35-28-26-29(36-30(32)34-28)37(21-33-26)19-23-18-24(38)27(40)22(2)44-23/h21-24,27,38,40H,3-20H2,1-2H3,(H,34,35,36,41)/t22?,23-,24+,27?/m1/s1. The van der Waals surface area contributed by atoms with E-state index in [0.29, 0.717) is 12.3 Å². The summed E-state index contributed by atoms with van der Waals surface area (Å²) in [7, 11) is 0. The monoisotopic (exact) mass is 639 g/mol. The summed E-state index contributed by atoms with van der Waals surface area (Å²) in [4.78, 5) is 36.9. The molecular formula is C31H50ClN5O7. The minimum atomic E-state index is -0.953. The van der Waals surface area contributed by atoms with Gasteiger partial charge >= 0.3 is 12.1 Å². The zero-order valence-corrected chi connectivity index (χ0v) is 27.0. The van der Waals surface area contributed by atoms with E-state index >= 15 is 0 Å². The highest BCUT2D eigenvalue weighted by molar-refractivity contribution is 6.28. The van der Waals surface area contributed by atoms with Crippen molar-refractivity contribution in [1.29, 1.82) is 0 Å². The Balaban J connectivity index is 1.28. The van der Waals surface area contributed by atoms with Crippen LogP contribution in [0, 0.1) is 0 Å². The first-order valence-electron chi connectivity index (χ1n) is 16.3. The molecule has 4 atom stereocenters. The van der Waals surface area contributed by atoms with Crippen molar-refractivity contribution in [2.45, 2.75) is 141 Å². The summed E-state index contributed by atoms with van der Waals surface area (Å²) >= 11 is 6.09. The number of nitrogens with one attached hydrogen (secondary N) is 1. The zero-order valence-electron chi connectivity index (χ0n) is 26.2. The molecule has 1 amide bonds. The number of aliphatic hydroxyl groups is 2. The molecule has 1 saturated heterocycles. The van der Waals surface area contributed by atoms with Crippen molar-refractivity contribution in [3.8, 4) is 0 Å². The number of esters is 1. The fourth-order valence-electron chi connectivity index (χ4n) is 5.42. The minimum Gasteiger partial charge on any atom is -0.463 e. The SMILES string of the molecule is CCCCCCCCCCCCCCCCOC(=O)COC(=O)Nc1nc(Cl)nc2c1ncn2C[C@H]1C[C@H](O)C(O)C(C)O1. The Hall–Kier alpha value is -2.54.